The maximum Gasteiger partial charge on any atom is 0.336 e. The van der Waals surface area contributed by atoms with E-state index in [1.54, 1.807) is 6.92 Å². The Bertz CT molecular complexity index is 1260. The van der Waals surface area contributed by atoms with Crippen molar-refractivity contribution in [3.05, 3.63) is 88.7 Å². The van der Waals surface area contributed by atoms with Gasteiger partial charge in [-0.3, -0.25) is 0 Å². The summed E-state index contributed by atoms with van der Waals surface area (Å²) in [6.45, 7) is 5.89. The lowest BCUT2D eigenvalue weighted by Gasteiger charge is -2.13. The Labute approximate surface area is 168 Å². The largest absolute Gasteiger partial charge is 0.478 e. The number of benzene rings is 3. The van der Waals surface area contributed by atoms with Gasteiger partial charge in [0.15, 0.2) is 0 Å². The van der Waals surface area contributed by atoms with E-state index in [1.165, 1.54) is 29.3 Å². The highest BCUT2D eigenvalue weighted by Crippen LogP contribution is 2.32. The summed E-state index contributed by atoms with van der Waals surface area (Å²) in [4.78, 5) is 16.5. The van der Waals surface area contributed by atoms with Crippen LogP contribution in [0.4, 0.5) is 4.39 Å². The number of carboxylic acids is 1. The van der Waals surface area contributed by atoms with E-state index in [0.717, 1.165) is 16.7 Å². The molecule has 4 rings (SSSR count). The fraction of sp³-hybridized carbons (Fsp3) is 0.120. The average molecular weight is 385 g/mol. The molecule has 0 aliphatic rings. The zero-order chi connectivity index (χ0) is 20.7. The van der Waals surface area contributed by atoms with Crippen molar-refractivity contribution in [3.8, 4) is 22.4 Å². The first-order valence-electron chi connectivity index (χ1n) is 9.36. The topological polar surface area (TPSA) is 50.2 Å². The monoisotopic (exact) mass is 385 g/mol. The predicted molar refractivity (Wildman–Crippen MR) is 114 cm³/mol. The van der Waals surface area contributed by atoms with E-state index in [1.807, 2.05) is 24.3 Å². The summed E-state index contributed by atoms with van der Waals surface area (Å²) >= 11 is 0. The number of carbonyl (C=O) groups is 1. The molecule has 0 atom stereocenters. The first-order valence-corrected chi connectivity index (χ1v) is 9.36. The summed E-state index contributed by atoms with van der Waals surface area (Å²) in [5.41, 5.74) is 7.17. The molecule has 0 fully saturated rings. The van der Waals surface area contributed by atoms with Crippen LogP contribution in [0.25, 0.3) is 33.3 Å². The molecule has 144 valence electrons. The molecule has 29 heavy (non-hydrogen) atoms. The fourth-order valence-electron chi connectivity index (χ4n) is 3.63. The minimum Gasteiger partial charge on any atom is -0.478 e. The maximum atomic E-state index is 13.7. The predicted octanol–water partition coefficient (Wildman–Crippen LogP) is 6.33. The summed E-state index contributed by atoms with van der Waals surface area (Å²) in [6.07, 6.45) is 0. The van der Waals surface area contributed by atoms with Crippen LogP contribution in [0.15, 0.2) is 60.7 Å². The van der Waals surface area contributed by atoms with Crippen LogP contribution in [0.2, 0.25) is 0 Å². The number of aryl methyl sites for hydroxylation is 2. The molecule has 0 spiro atoms. The summed E-state index contributed by atoms with van der Waals surface area (Å²) in [7, 11) is 0. The van der Waals surface area contributed by atoms with Gasteiger partial charge in [-0.25, -0.2) is 14.2 Å². The highest BCUT2D eigenvalue weighted by Gasteiger charge is 2.19. The van der Waals surface area contributed by atoms with Crippen LogP contribution < -0.4 is 0 Å². The lowest BCUT2D eigenvalue weighted by Crippen LogP contribution is -2.05. The number of aromatic carboxylic acids is 1. The third kappa shape index (κ3) is 3.38. The van der Waals surface area contributed by atoms with Crippen molar-refractivity contribution < 1.29 is 14.3 Å². The second-order valence-electron chi connectivity index (χ2n) is 7.30. The smallest absolute Gasteiger partial charge is 0.336 e. The summed E-state index contributed by atoms with van der Waals surface area (Å²) in [5.74, 6) is -1.57. The number of halogens is 1. The van der Waals surface area contributed by atoms with Crippen LogP contribution in [0.3, 0.4) is 0 Å². The van der Waals surface area contributed by atoms with Crippen LogP contribution >= 0.6 is 0 Å². The average Bonchev–Trinajstić information content (AvgIpc) is 2.69. The molecular weight excluding hydrogens is 365 g/mol. The number of rotatable bonds is 3. The van der Waals surface area contributed by atoms with Gasteiger partial charge >= 0.3 is 5.97 Å². The van der Waals surface area contributed by atoms with Gasteiger partial charge in [0, 0.05) is 10.9 Å². The lowest BCUT2D eigenvalue weighted by molar-refractivity contribution is 0.0698. The molecule has 3 nitrogen and oxygen atoms in total. The Morgan fingerprint density at radius 3 is 2.14 bits per heavy atom. The van der Waals surface area contributed by atoms with Gasteiger partial charge in [-0.2, -0.15) is 0 Å². The fourth-order valence-corrected chi connectivity index (χ4v) is 3.63. The molecule has 1 heterocycles. The molecule has 3 aromatic carbocycles. The Morgan fingerprint density at radius 2 is 1.48 bits per heavy atom. The number of hydrogen-bond donors (Lipinski definition) is 1. The molecule has 0 amide bonds. The van der Waals surface area contributed by atoms with Gasteiger partial charge in [-0.05, 0) is 66.8 Å². The molecule has 1 N–H and O–H groups in total. The Hall–Kier alpha value is -3.53. The summed E-state index contributed by atoms with van der Waals surface area (Å²) < 4.78 is 13.7. The van der Waals surface area contributed by atoms with E-state index in [-0.39, 0.29) is 5.56 Å². The summed E-state index contributed by atoms with van der Waals surface area (Å²) in [6, 6.07) is 18.3. The van der Waals surface area contributed by atoms with E-state index in [9.17, 15) is 14.3 Å². The van der Waals surface area contributed by atoms with E-state index >= 15 is 0 Å². The zero-order valence-corrected chi connectivity index (χ0v) is 16.5. The molecule has 1 aromatic heterocycles. The van der Waals surface area contributed by atoms with Crippen molar-refractivity contribution in [2.75, 3.05) is 0 Å². The quantitative estimate of drug-likeness (QED) is 0.448. The van der Waals surface area contributed by atoms with Crippen molar-refractivity contribution in [1.82, 2.24) is 4.98 Å². The summed E-state index contributed by atoms with van der Waals surface area (Å²) in [5, 5.41) is 10.0. The molecular formula is C25H20FNO2. The Kier molecular flexibility index (Phi) is 4.63. The maximum absolute atomic E-state index is 13.7. The van der Waals surface area contributed by atoms with Crippen LogP contribution in [-0.2, 0) is 0 Å². The molecule has 0 aliphatic heterocycles. The molecule has 0 aliphatic carbocycles. The second kappa shape index (κ2) is 7.13. The minimum absolute atomic E-state index is 0.0859. The number of fused-ring (bicyclic) bond motifs is 1. The number of nitrogens with zero attached hydrogens (tertiary/aromatic N) is 1. The van der Waals surface area contributed by atoms with E-state index < -0.39 is 11.8 Å². The molecule has 0 saturated carbocycles. The molecule has 0 radical (unpaired) electrons. The normalized spacial score (nSPS) is 11.0. The first-order chi connectivity index (χ1) is 13.8. The van der Waals surface area contributed by atoms with Crippen LogP contribution in [0.5, 0.6) is 0 Å². The SMILES string of the molecule is Cc1ccc(-c2ccc(-c3nc4ccc(F)cc4c(C(=O)O)c3C)cc2)cc1C. The van der Waals surface area contributed by atoms with Gasteiger partial charge < -0.3 is 5.11 Å². The lowest BCUT2D eigenvalue weighted by atomic mass is 9.95. The number of pyridine rings is 1. The Balaban J connectivity index is 1.84. The highest BCUT2D eigenvalue weighted by molar-refractivity contribution is 6.05. The molecule has 0 unspecified atom stereocenters. The second-order valence-corrected chi connectivity index (χ2v) is 7.30. The van der Waals surface area contributed by atoms with Gasteiger partial charge in [0.05, 0.1) is 16.8 Å². The zero-order valence-electron chi connectivity index (χ0n) is 16.5. The Morgan fingerprint density at radius 1 is 0.828 bits per heavy atom. The van der Waals surface area contributed by atoms with Crippen LogP contribution in [0, 0.1) is 26.6 Å². The van der Waals surface area contributed by atoms with Gasteiger partial charge in [0.1, 0.15) is 5.82 Å². The standard InChI is InChI=1S/C25H20FNO2/c1-14-4-5-19(12-15(14)2)17-6-8-18(9-7-17)24-16(3)23(25(28)29)21-13-20(26)10-11-22(21)27-24/h4-13H,1-3H3,(H,28,29). The van der Waals surface area contributed by atoms with Gasteiger partial charge in [-0.15, -0.1) is 0 Å². The molecule has 0 bridgehead atoms. The highest BCUT2D eigenvalue weighted by atomic mass is 19.1. The minimum atomic E-state index is -1.09. The van der Waals surface area contributed by atoms with Gasteiger partial charge in [0.25, 0.3) is 0 Å². The van der Waals surface area contributed by atoms with Gasteiger partial charge in [0.2, 0.25) is 0 Å². The van der Waals surface area contributed by atoms with Crippen molar-refractivity contribution in [2.24, 2.45) is 0 Å². The molecule has 4 heteroatoms. The van der Waals surface area contributed by atoms with Crippen molar-refractivity contribution in [2.45, 2.75) is 20.8 Å². The van der Waals surface area contributed by atoms with Crippen LogP contribution in [-0.4, -0.2) is 16.1 Å². The number of hydrogen-bond acceptors (Lipinski definition) is 2. The third-order valence-electron chi connectivity index (χ3n) is 5.40. The first kappa shape index (κ1) is 18.8. The van der Waals surface area contributed by atoms with E-state index in [2.05, 4.69) is 37.0 Å². The molecule has 0 saturated heterocycles. The number of aromatic nitrogens is 1. The number of carboxylic acid groups (broad SMARTS) is 1. The van der Waals surface area contributed by atoms with E-state index in [0.29, 0.717) is 22.2 Å². The van der Waals surface area contributed by atoms with Crippen LogP contribution in [0.1, 0.15) is 27.0 Å². The van der Waals surface area contributed by atoms with Gasteiger partial charge in [-0.1, -0.05) is 42.5 Å². The van der Waals surface area contributed by atoms with Crippen molar-refractivity contribution in [3.63, 3.8) is 0 Å². The third-order valence-corrected chi connectivity index (χ3v) is 5.40. The van der Waals surface area contributed by atoms with Crippen molar-refractivity contribution >= 4 is 16.9 Å². The van der Waals surface area contributed by atoms with E-state index in [4.69, 9.17) is 0 Å². The van der Waals surface area contributed by atoms with Crippen molar-refractivity contribution in [1.29, 1.82) is 0 Å². The molecule has 4 aromatic rings.